The lowest BCUT2D eigenvalue weighted by Gasteiger charge is -2.09. The first-order valence-corrected chi connectivity index (χ1v) is 8.18. The van der Waals surface area contributed by atoms with Crippen LogP contribution in [0.15, 0.2) is 24.3 Å². The van der Waals surface area contributed by atoms with Gasteiger partial charge in [0.25, 0.3) is 0 Å². The first kappa shape index (κ1) is 15.4. The molecule has 1 rings (SSSR count). The lowest BCUT2D eigenvalue weighted by Crippen LogP contribution is -2.20. The van der Waals surface area contributed by atoms with Crippen LogP contribution in [0.25, 0.3) is 0 Å². The van der Waals surface area contributed by atoms with Gasteiger partial charge in [-0.2, -0.15) is 0 Å². The second-order valence-corrected chi connectivity index (χ2v) is 6.54. The Hall–Kier alpha value is -0.670. The van der Waals surface area contributed by atoms with E-state index in [9.17, 15) is 4.21 Å². The molecule has 0 radical (unpaired) electrons. The van der Waals surface area contributed by atoms with Gasteiger partial charge in [0, 0.05) is 28.3 Å². The summed E-state index contributed by atoms with van der Waals surface area (Å²) in [6.45, 7) is 4.26. The minimum Gasteiger partial charge on any atom is -0.317 e. The second-order valence-electron chi connectivity index (χ2n) is 4.96. The molecular formula is C15H25NOS. The largest absolute Gasteiger partial charge is 0.317 e. The maximum atomic E-state index is 11.9. The quantitative estimate of drug-likeness (QED) is 0.734. The Balaban J connectivity index is 2.22. The Kier molecular flexibility index (Phi) is 7.21. The highest BCUT2D eigenvalue weighted by atomic mass is 32.2. The van der Waals surface area contributed by atoms with Gasteiger partial charge in [-0.15, -0.1) is 0 Å². The third kappa shape index (κ3) is 6.31. The van der Waals surface area contributed by atoms with Gasteiger partial charge in [0.15, 0.2) is 0 Å². The van der Waals surface area contributed by atoms with Crippen LogP contribution >= 0.6 is 0 Å². The van der Waals surface area contributed by atoms with Crippen molar-refractivity contribution < 1.29 is 4.21 Å². The SMILES string of the molecule is CNC(C)CCCCS(=O)Cc1cccc(C)c1. The van der Waals surface area contributed by atoms with Gasteiger partial charge in [-0.1, -0.05) is 36.2 Å². The Morgan fingerprint density at radius 3 is 2.78 bits per heavy atom. The molecule has 1 N–H and O–H groups in total. The smallest absolute Gasteiger partial charge is 0.0485 e. The number of benzene rings is 1. The van der Waals surface area contributed by atoms with Gasteiger partial charge >= 0.3 is 0 Å². The maximum Gasteiger partial charge on any atom is 0.0485 e. The van der Waals surface area contributed by atoms with Crippen molar-refractivity contribution in [3.05, 3.63) is 35.4 Å². The molecule has 3 heteroatoms. The predicted molar refractivity (Wildman–Crippen MR) is 80.3 cm³/mol. The Morgan fingerprint density at radius 2 is 2.11 bits per heavy atom. The average molecular weight is 267 g/mol. The zero-order valence-electron chi connectivity index (χ0n) is 11.7. The van der Waals surface area contributed by atoms with E-state index >= 15 is 0 Å². The molecule has 0 amide bonds. The minimum absolute atomic E-state index is 0.565. The van der Waals surface area contributed by atoms with Crippen molar-refractivity contribution in [2.75, 3.05) is 12.8 Å². The molecule has 0 aromatic heterocycles. The molecule has 0 aliphatic heterocycles. The number of hydrogen-bond donors (Lipinski definition) is 1. The van der Waals surface area contributed by atoms with E-state index in [2.05, 4.69) is 37.4 Å². The van der Waals surface area contributed by atoms with Crippen LogP contribution < -0.4 is 5.32 Å². The van der Waals surface area contributed by atoms with Crippen LogP contribution in [-0.2, 0) is 16.6 Å². The van der Waals surface area contributed by atoms with Gasteiger partial charge in [0.2, 0.25) is 0 Å². The fourth-order valence-electron chi connectivity index (χ4n) is 1.92. The summed E-state index contributed by atoms with van der Waals surface area (Å²) in [5.74, 6) is 1.52. The molecular weight excluding hydrogens is 242 g/mol. The van der Waals surface area contributed by atoms with E-state index in [0.29, 0.717) is 11.8 Å². The molecule has 1 aromatic rings. The first-order valence-electron chi connectivity index (χ1n) is 6.69. The van der Waals surface area contributed by atoms with Crippen molar-refractivity contribution in [3.63, 3.8) is 0 Å². The summed E-state index contributed by atoms with van der Waals surface area (Å²) in [5, 5.41) is 3.22. The predicted octanol–water partition coefficient (Wildman–Crippen LogP) is 3.02. The minimum atomic E-state index is -0.716. The zero-order valence-corrected chi connectivity index (χ0v) is 12.6. The van der Waals surface area contributed by atoms with Gasteiger partial charge in [0.05, 0.1) is 0 Å². The van der Waals surface area contributed by atoms with Crippen molar-refractivity contribution in [2.24, 2.45) is 0 Å². The molecule has 0 bridgehead atoms. The fraction of sp³-hybridized carbons (Fsp3) is 0.600. The molecule has 1 aromatic carbocycles. The highest BCUT2D eigenvalue weighted by Gasteiger charge is 2.03. The molecule has 18 heavy (non-hydrogen) atoms. The molecule has 0 heterocycles. The Labute approximate surface area is 114 Å². The number of aryl methyl sites for hydroxylation is 1. The fourth-order valence-corrected chi connectivity index (χ4v) is 3.14. The number of unbranched alkanes of at least 4 members (excludes halogenated alkanes) is 1. The third-order valence-electron chi connectivity index (χ3n) is 3.16. The number of rotatable bonds is 8. The number of nitrogens with one attached hydrogen (secondary N) is 1. The highest BCUT2D eigenvalue weighted by molar-refractivity contribution is 7.84. The third-order valence-corrected chi connectivity index (χ3v) is 4.56. The van der Waals surface area contributed by atoms with Crippen LogP contribution in [-0.4, -0.2) is 23.1 Å². The standard InChI is InChI=1S/C15H25NOS/c1-13-7-6-9-15(11-13)12-18(17)10-5-4-8-14(2)16-3/h6-7,9,11,14,16H,4-5,8,10,12H2,1-3H3. The first-order chi connectivity index (χ1) is 8.61. The van der Waals surface area contributed by atoms with Crippen molar-refractivity contribution in [3.8, 4) is 0 Å². The van der Waals surface area contributed by atoms with Crippen molar-refractivity contribution in [1.82, 2.24) is 5.32 Å². The van der Waals surface area contributed by atoms with E-state index in [4.69, 9.17) is 0 Å². The van der Waals surface area contributed by atoms with Crippen LogP contribution in [0, 0.1) is 6.92 Å². The van der Waals surface area contributed by atoms with Gasteiger partial charge in [-0.3, -0.25) is 4.21 Å². The van der Waals surface area contributed by atoms with Crippen molar-refractivity contribution in [1.29, 1.82) is 0 Å². The second kappa shape index (κ2) is 8.44. The lowest BCUT2D eigenvalue weighted by molar-refractivity contribution is 0.537. The topological polar surface area (TPSA) is 29.1 Å². The Bertz CT molecular complexity index is 379. The zero-order chi connectivity index (χ0) is 13.4. The molecule has 0 aliphatic carbocycles. The normalized spacial score (nSPS) is 14.4. The summed E-state index contributed by atoms with van der Waals surface area (Å²) in [7, 11) is 1.27. The Morgan fingerprint density at radius 1 is 1.33 bits per heavy atom. The highest BCUT2D eigenvalue weighted by Crippen LogP contribution is 2.09. The molecule has 2 nitrogen and oxygen atoms in total. The van der Waals surface area contributed by atoms with Crippen molar-refractivity contribution in [2.45, 2.75) is 44.9 Å². The molecule has 2 unspecified atom stereocenters. The van der Waals surface area contributed by atoms with Crippen LogP contribution in [0.1, 0.15) is 37.3 Å². The molecule has 2 atom stereocenters. The lowest BCUT2D eigenvalue weighted by atomic mass is 10.1. The molecule has 0 saturated heterocycles. The van der Waals surface area contributed by atoms with E-state index in [-0.39, 0.29) is 0 Å². The van der Waals surface area contributed by atoms with E-state index in [0.717, 1.165) is 25.0 Å². The van der Waals surface area contributed by atoms with Crippen LogP contribution in [0.4, 0.5) is 0 Å². The summed E-state index contributed by atoms with van der Waals surface area (Å²) in [6.07, 6.45) is 3.38. The maximum absolute atomic E-state index is 11.9. The summed E-state index contributed by atoms with van der Waals surface area (Å²) in [5.41, 5.74) is 2.43. The number of hydrogen-bond acceptors (Lipinski definition) is 2. The van der Waals surface area contributed by atoms with Crippen LogP contribution in [0.2, 0.25) is 0 Å². The summed E-state index contributed by atoms with van der Waals surface area (Å²) in [4.78, 5) is 0. The van der Waals surface area contributed by atoms with Gasteiger partial charge in [-0.05, 0) is 39.3 Å². The summed E-state index contributed by atoms with van der Waals surface area (Å²) >= 11 is 0. The molecule has 102 valence electrons. The molecule has 0 saturated carbocycles. The summed E-state index contributed by atoms with van der Waals surface area (Å²) in [6, 6.07) is 8.87. The summed E-state index contributed by atoms with van der Waals surface area (Å²) < 4.78 is 11.9. The van der Waals surface area contributed by atoms with E-state index in [1.165, 1.54) is 11.1 Å². The van der Waals surface area contributed by atoms with E-state index in [1.54, 1.807) is 0 Å². The molecule has 0 aliphatic rings. The van der Waals surface area contributed by atoms with Gasteiger partial charge in [0.1, 0.15) is 0 Å². The van der Waals surface area contributed by atoms with Crippen LogP contribution in [0.5, 0.6) is 0 Å². The molecule has 0 fully saturated rings. The monoisotopic (exact) mass is 267 g/mol. The van der Waals surface area contributed by atoms with Gasteiger partial charge in [-0.25, -0.2) is 0 Å². The van der Waals surface area contributed by atoms with E-state index in [1.807, 2.05) is 13.1 Å². The van der Waals surface area contributed by atoms with Crippen LogP contribution in [0.3, 0.4) is 0 Å². The van der Waals surface area contributed by atoms with E-state index < -0.39 is 10.8 Å². The average Bonchev–Trinajstić information content (AvgIpc) is 2.34. The van der Waals surface area contributed by atoms with Gasteiger partial charge < -0.3 is 5.32 Å². The molecule has 0 spiro atoms. The van der Waals surface area contributed by atoms with Crippen molar-refractivity contribution >= 4 is 10.8 Å².